The van der Waals surface area contributed by atoms with Crippen LogP contribution < -0.4 is 0 Å². The summed E-state index contributed by atoms with van der Waals surface area (Å²) in [4.78, 5) is 27.8. The molecule has 152 valence electrons. The number of thiophene rings is 1. The zero-order valence-corrected chi connectivity index (χ0v) is 18.0. The molecule has 1 aliphatic carbocycles. The number of carboxylic acids is 1. The zero-order valence-electron chi connectivity index (χ0n) is 17.2. The Balaban J connectivity index is 2.08. The van der Waals surface area contributed by atoms with Crippen molar-refractivity contribution >= 4 is 27.5 Å². The SMILES string of the molecule is Cc1nc2sc3c(c2c(-c2cncnc2)c1[C@H](OC(C)(C)C)C(=O)O)CCCC3. The Bertz CT molecular complexity index is 1070. The van der Waals surface area contributed by atoms with Crippen molar-refractivity contribution < 1.29 is 14.6 Å². The second kappa shape index (κ2) is 7.46. The summed E-state index contributed by atoms with van der Waals surface area (Å²) in [6, 6.07) is 0. The predicted octanol–water partition coefficient (Wildman–Crippen LogP) is 4.88. The highest BCUT2D eigenvalue weighted by atomic mass is 32.1. The van der Waals surface area contributed by atoms with E-state index in [1.54, 1.807) is 23.7 Å². The van der Waals surface area contributed by atoms with E-state index in [0.717, 1.165) is 40.6 Å². The van der Waals surface area contributed by atoms with Crippen LogP contribution in [0.1, 0.15) is 61.4 Å². The van der Waals surface area contributed by atoms with Gasteiger partial charge in [0.1, 0.15) is 11.2 Å². The number of ether oxygens (including phenoxy) is 1. The van der Waals surface area contributed by atoms with Gasteiger partial charge in [0.15, 0.2) is 6.10 Å². The first-order valence-corrected chi connectivity index (χ1v) is 10.7. The number of fused-ring (bicyclic) bond motifs is 3. The summed E-state index contributed by atoms with van der Waals surface area (Å²) in [6.45, 7) is 7.45. The maximum Gasteiger partial charge on any atom is 0.337 e. The maximum atomic E-state index is 12.3. The van der Waals surface area contributed by atoms with Crippen LogP contribution in [0, 0.1) is 6.92 Å². The van der Waals surface area contributed by atoms with Gasteiger partial charge < -0.3 is 9.84 Å². The van der Waals surface area contributed by atoms with Crippen LogP contribution in [0.5, 0.6) is 0 Å². The molecule has 0 unspecified atom stereocenters. The van der Waals surface area contributed by atoms with Crippen molar-refractivity contribution in [2.75, 3.05) is 0 Å². The number of hydrogen-bond donors (Lipinski definition) is 1. The number of aliphatic carboxylic acids is 1. The topological polar surface area (TPSA) is 85.2 Å². The first kappa shape index (κ1) is 19.9. The summed E-state index contributed by atoms with van der Waals surface area (Å²) in [5, 5.41) is 11.1. The molecule has 1 atom stereocenters. The van der Waals surface area contributed by atoms with Crippen molar-refractivity contribution in [2.45, 2.75) is 65.1 Å². The third-order valence-corrected chi connectivity index (χ3v) is 6.32. The molecule has 0 spiro atoms. The van der Waals surface area contributed by atoms with Gasteiger partial charge >= 0.3 is 5.97 Å². The number of hydrogen-bond acceptors (Lipinski definition) is 6. The molecule has 0 saturated carbocycles. The number of aryl methyl sites for hydroxylation is 3. The van der Waals surface area contributed by atoms with E-state index < -0.39 is 17.7 Å². The van der Waals surface area contributed by atoms with Gasteiger partial charge in [-0.2, -0.15) is 0 Å². The zero-order chi connectivity index (χ0) is 20.8. The van der Waals surface area contributed by atoms with Gasteiger partial charge in [0.05, 0.1) is 5.60 Å². The molecule has 0 aliphatic heterocycles. The van der Waals surface area contributed by atoms with Crippen LogP contribution in [0.3, 0.4) is 0 Å². The van der Waals surface area contributed by atoms with Crippen molar-refractivity contribution in [3.63, 3.8) is 0 Å². The van der Waals surface area contributed by atoms with Gasteiger partial charge in [0.25, 0.3) is 0 Å². The van der Waals surface area contributed by atoms with Gasteiger partial charge in [-0.15, -0.1) is 11.3 Å². The van der Waals surface area contributed by atoms with Crippen LogP contribution in [0.15, 0.2) is 18.7 Å². The lowest BCUT2D eigenvalue weighted by Crippen LogP contribution is -2.28. The molecule has 0 bridgehead atoms. The van der Waals surface area contributed by atoms with Crippen molar-refractivity contribution in [3.05, 3.63) is 40.4 Å². The Morgan fingerprint density at radius 1 is 1.21 bits per heavy atom. The molecular formula is C22H25N3O3S. The Morgan fingerprint density at radius 2 is 1.90 bits per heavy atom. The summed E-state index contributed by atoms with van der Waals surface area (Å²) in [6.07, 6.45) is 8.20. The van der Waals surface area contributed by atoms with E-state index in [9.17, 15) is 9.90 Å². The lowest BCUT2D eigenvalue weighted by molar-refractivity contribution is -0.160. The minimum absolute atomic E-state index is 0.598. The minimum Gasteiger partial charge on any atom is -0.479 e. The third kappa shape index (κ3) is 3.76. The Kier molecular flexibility index (Phi) is 5.12. The van der Waals surface area contributed by atoms with Crippen LogP contribution in [-0.4, -0.2) is 31.6 Å². The second-order valence-corrected chi connectivity index (χ2v) is 9.54. The first-order valence-electron chi connectivity index (χ1n) is 9.87. The molecular weight excluding hydrogens is 386 g/mol. The van der Waals surface area contributed by atoms with Gasteiger partial charge in [0, 0.05) is 45.0 Å². The second-order valence-electron chi connectivity index (χ2n) is 8.45. The van der Waals surface area contributed by atoms with Crippen LogP contribution in [0.4, 0.5) is 0 Å². The molecule has 0 amide bonds. The normalized spacial score (nSPS) is 15.3. The van der Waals surface area contributed by atoms with Crippen molar-refractivity contribution in [2.24, 2.45) is 0 Å². The molecule has 0 fully saturated rings. The lowest BCUT2D eigenvalue weighted by atomic mass is 9.89. The fraction of sp³-hybridized carbons (Fsp3) is 0.455. The molecule has 1 aliphatic rings. The number of nitrogens with zero attached hydrogens (tertiary/aromatic N) is 3. The van der Waals surface area contributed by atoms with Crippen LogP contribution in [-0.2, 0) is 22.4 Å². The molecule has 3 aromatic heterocycles. The van der Waals surface area contributed by atoms with Gasteiger partial charge in [-0.05, 0) is 58.9 Å². The van der Waals surface area contributed by atoms with Crippen molar-refractivity contribution in [3.8, 4) is 11.1 Å². The van der Waals surface area contributed by atoms with E-state index in [-0.39, 0.29) is 0 Å². The number of carboxylic acid groups (broad SMARTS) is 1. The average Bonchev–Trinajstić information content (AvgIpc) is 3.03. The van der Waals surface area contributed by atoms with Crippen LogP contribution in [0.2, 0.25) is 0 Å². The maximum absolute atomic E-state index is 12.3. The monoisotopic (exact) mass is 411 g/mol. The Morgan fingerprint density at radius 3 is 2.55 bits per heavy atom. The molecule has 0 saturated heterocycles. The lowest BCUT2D eigenvalue weighted by Gasteiger charge is -2.28. The van der Waals surface area contributed by atoms with E-state index in [2.05, 4.69) is 9.97 Å². The number of pyridine rings is 1. The Labute approximate surface area is 174 Å². The highest BCUT2D eigenvalue weighted by Crippen LogP contribution is 2.45. The summed E-state index contributed by atoms with van der Waals surface area (Å²) >= 11 is 1.72. The molecule has 0 aromatic carbocycles. The molecule has 3 heterocycles. The van der Waals surface area contributed by atoms with E-state index >= 15 is 0 Å². The molecule has 4 rings (SSSR count). The molecule has 7 heteroatoms. The highest BCUT2D eigenvalue weighted by molar-refractivity contribution is 7.19. The van der Waals surface area contributed by atoms with Gasteiger partial charge in [-0.3, -0.25) is 0 Å². The van der Waals surface area contributed by atoms with E-state index in [4.69, 9.17) is 9.72 Å². The quantitative estimate of drug-likeness (QED) is 0.658. The largest absolute Gasteiger partial charge is 0.479 e. The standard InChI is InChI=1S/C22H25N3O3S/c1-12-16(19(21(26)27)28-22(2,3)4)17(13-9-23-11-24-10-13)18-14-7-5-6-8-15(14)29-20(18)25-12/h9-11,19H,5-8H2,1-4H3,(H,26,27)/t19-/m0/s1. The summed E-state index contributed by atoms with van der Waals surface area (Å²) in [7, 11) is 0. The minimum atomic E-state index is -1.12. The van der Waals surface area contributed by atoms with E-state index in [1.165, 1.54) is 23.2 Å². The summed E-state index contributed by atoms with van der Waals surface area (Å²) in [5.41, 5.74) is 3.59. The van der Waals surface area contributed by atoms with Crippen LogP contribution >= 0.6 is 11.3 Å². The molecule has 1 N–H and O–H groups in total. The number of rotatable bonds is 4. The molecule has 0 radical (unpaired) electrons. The van der Waals surface area contributed by atoms with Gasteiger partial charge in [-0.25, -0.2) is 19.7 Å². The van der Waals surface area contributed by atoms with Crippen molar-refractivity contribution in [1.82, 2.24) is 15.0 Å². The van der Waals surface area contributed by atoms with E-state index in [0.29, 0.717) is 11.3 Å². The number of carbonyl (C=O) groups is 1. The predicted molar refractivity (Wildman–Crippen MR) is 113 cm³/mol. The van der Waals surface area contributed by atoms with Crippen LogP contribution in [0.25, 0.3) is 21.3 Å². The van der Waals surface area contributed by atoms with Crippen molar-refractivity contribution in [1.29, 1.82) is 0 Å². The fourth-order valence-electron chi connectivity index (χ4n) is 4.05. The summed E-state index contributed by atoms with van der Waals surface area (Å²) in [5.74, 6) is -1.02. The summed E-state index contributed by atoms with van der Waals surface area (Å²) < 4.78 is 6.02. The molecule has 3 aromatic rings. The third-order valence-electron chi connectivity index (χ3n) is 5.14. The van der Waals surface area contributed by atoms with Gasteiger partial charge in [-0.1, -0.05) is 0 Å². The Hall–Kier alpha value is -2.38. The molecule has 6 nitrogen and oxygen atoms in total. The smallest absolute Gasteiger partial charge is 0.337 e. The van der Waals surface area contributed by atoms with Gasteiger partial charge in [0.2, 0.25) is 0 Å². The molecule has 29 heavy (non-hydrogen) atoms. The van der Waals surface area contributed by atoms with E-state index in [1.807, 2.05) is 27.7 Å². The fourth-order valence-corrected chi connectivity index (χ4v) is 5.37. The first-order chi connectivity index (χ1) is 13.8. The highest BCUT2D eigenvalue weighted by Gasteiger charge is 2.34. The number of aromatic nitrogens is 3. The average molecular weight is 412 g/mol.